The van der Waals surface area contributed by atoms with Crippen LogP contribution in [0.2, 0.25) is 0 Å². The molecule has 0 aromatic heterocycles. The molecule has 0 bridgehead atoms. The van der Waals surface area contributed by atoms with Gasteiger partial charge < -0.3 is 10.0 Å². The van der Waals surface area contributed by atoms with Gasteiger partial charge in [-0.25, -0.2) is 9.18 Å². The molecule has 1 N–H and O–H groups in total. The molecule has 0 aliphatic heterocycles. The van der Waals surface area contributed by atoms with Gasteiger partial charge in [0.2, 0.25) is 0 Å². The molecule has 5 heteroatoms. The van der Waals surface area contributed by atoms with E-state index in [9.17, 15) is 9.18 Å². The van der Waals surface area contributed by atoms with Crippen molar-refractivity contribution in [2.75, 3.05) is 11.4 Å². The van der Waals surface area contributed by atoms with Crippen molar-refractivity contribution in [3.63, 3.8) is 0 Å². The topological polar surface area (TPSA) is 40.5 Å². The Morgan fingerprint density at radius 3 is 2.57 bits per heavy atom. The molecular formula is C16H15BrFNO2. The van der Waals surface area contributed by atoms with Crippen molar-refractivity contribution in [3.05, 3.63) is 63.9 Å². The first-order valence-corrected chi connectivity index (χ1v) is 7.33. The highest BCUT2D eigenvalue weighted by Crippen LogP contribution is 2.25. The molecule has 0 heterocycles. The van der Waals surface area contributed by atoms with Crippen LogP contribution in [0.1, 0.15) is 22.8 Å². The molecule has 0 spiro atoms. The van der Waals surface area contributed by atoms with Crippen LogP contribution in [0, 0.1) is 5.82 Å². The van der Waals surface area contributed by atoms with Gasteiger partial charge in [-0.15, -0.1) is 0 Å². The molecule has 0 amide bonds. The van der Waals surface area contributed by atoms with Gasteiger partial charge in [0, 0.05) is 17.6 Å². The highest BCUT2D eigenvalue weighted by molar-refractivity contribution is 9.10. The number of benzene rings is 2. The molecule has 0 fully saturated rings. The summed E-state index contributed by atoms with van der Waals surface area (Å²) in [7, 11) is 0. The van der Waals surface area contributed by atoms with Crippen LogP contribution in [0.3, 0.4) is 0 Å². The number of rotatable bonds is 5. The van der Waals surface area contributed by atoms with Gasteiger partial charge in [0.05, 0.1) is 11.3 Å². The molecule has 0 unspecified atom stereocenters. The Hall–Kier alpha value is -1.88. The summed E-state index contributed by atoms with van der Waals surface area (Å²) in [6.07, 6.45) is 0. The predicted octanol–water partition coefficient (Wildman–Crippen LogP) is 4.31. The van der Waals surface area contributed by atoms with E-state index in [0.29, 0.717) is 23.2 Å². The molecule has 0 radical (unpaired) electrons. The Bertz CT molecular complexity index is 660. The molecule has 21 heavy (non-hydrogen) atoms. The first-order valence-electron chi connectivity index (χ1n) is 6.54. The fourth-order valence-electron chi connectivity index (χ4n) is 2.09. The van der Waals surface area contributed by atoms with Gasteiger partial charge in [0.1, 0.15) is 5.82 Å². The summed E-state index contributed by atoms with van der Waals surface area (Å²) in [5.74, 6) is -1.23. The standard InChI is InChI=1S/C16H15BrFNO2/c1-2-19(15-6-4-3-5-14(15)18)10-12-8-7-11(16(20)21)9-13(12)17/h3-9H,2,10H2,1H3,(H,20,21). The summed E-state index contributed by atoms with van der Waals surface area (Å²) in [6.45, 7) is 3.10. The van der Waals surface area contributed by atoms with E-state index in [1.165, 1.54) is 6.07 Å². The number of hydrogen-bond donors (Lipinski definition) is 1. The lowest BCUT2D eigenvalue weighted by molar-refractivity contribution is 0.0697. The molecule has 0 saturated heterocycles. The second-order valence-electron chi connectivity index (χ2n) is 4.58. The van der Waals surface area contributed by atoms with Gasteiger partial charge >= 0.3 is 5.97 Å². The van der Waals surface area contributed by atoms with E-state index in [1.54, 1.807) is 36.4 Å². The van der Waals surface area contributed by atoms with E-state index in [2.05, 4.69) is 15.9 Å². The zero-order valence-corrected chi connectivity index (χ0v) is 13.1. The quantitative estimate of drug-likeness (QED) is 0.872. The third kappa shape index (κ3) is 3.61. The Morgan fingerprint density at radius 2 is 2.00 bits per heavy atom. The molecule has 0 aliphatic carbocycles. The Balaban J connectivity index is 2.27. The summed E-state index contributed by atoms with van der Waals surface area (Å²) in [4.78, 5) is 12.8. The van der Waals surface area contributed by atoms with E-state index >= 15 is 0 Å². The lowest BCUT2D eigenvalue weighted by Crippen LogP contribution is -2.23. The van der Waals surface area contributed by atoms with Gasteiger partial charge in [0.25, 0.3) is 0 Å². The van der Waals surface area contributed by atoms with Gasteiger partial charge in [-0.1, -0.05) is 34.1 Å². The summed E-state index contributed by atoms with van der Waals surface area (Å²) in [5.41, 5.74) is 1.67. The third-order valence-electron chi connectivity index (χ3n) is 3.24. The second kappa shape index (κ2) is 6.72. The Morgan fingerprint density at radius 1 is 1.29 bits per heavy atom. The number of para-hydroxylation sites is 1. The van der Waals surface area contributed by atoms with Crippen LogP contribution in [0.15, 0.2) is 46.9 Å². The van der Waals surface area contributed by atoms with Crippen molar-refractivity contribution < 1.29 is 14.3 Å². The molecule has 3 nitrogen and oxygen atoms in total. The molecule has 2 rings (SSSR count). The summed E-state index contributed by atoms with van der Waals surface area (Å²) in [6, 6.07) is 11.5. The predicted molar refractivity (Wildman–Crippen MR) is 84.2 cm³/mol. The molecule has 0 atom stereocenters. The van der Waals surface area contributed by atoms with E-state index in [1.807, 2.05) is 11.8 Å². The van der Waals surface area contributed by atoms with Crippen molar-refractivity contribution in [3.8, 4) is 0 Å². The minimum absolute atomic E-state index is 0.222. The molecule has 110 valence electrons. The lowest BCUT2D eigenvalue weighted by Gasteiger charge is -2.24. The fourth-order valence-corrected chi connectivity index (χ4v) is 2.59. The van der Waals surface area contributed by atoms with Crippen molar-refractivity contribution in [2.24, 2.45) is 0 Å². The van der Waals surface area contributed by atoms with Crippen LogP contribution < -0.4 is 4.90 Å². The van der Waals surface area contributed by atoms with Crippen LogP contribution in [-0.4, -0.2) is 17.6 Å². The molecule has 0 saturated carbocycles. The second-order valence-corrected chi connectivity index (χ2v) is 5.43. The van der Waals surface area contributed by atoms with Crippen LogP contribution in [-0.2, 0) is 6.54 Å². The first kappa shape index (κ1) is 15.5. The van der Waals surface area contributed by atoms with Crippen LogP contribution in [0.4, 0.5) is 10.1 Å². The molecule has 2 aromatic carbocycles. The monoisotopic (exact) mass is 351 g/mol. The van der Waals surface area contributed by atoms with Crippen LogP contribution in [0.5, 0.6) is 0 Å². The number of carboxylic acids is 1. The van der Waals surface area contributed by atoms with Crippen molar-refractivity contribution in [2.45, 2.75) is 13.5 Å². The summed E-state index contributed by atoms with van der Waals surface area (Å²) in [5, 5.41) is 8.96. The lowest BCUT2D eigenvalue weighted by atomic mass is 10.1. The van der Waals surface area contributed by atoms with Crippen LogP contribution >= 0.6 is 15.9 Å². The number of aromatic carboxylic acids is 1. The van der Waals surface area contributed by atoms with Crippen LogP contribution in [0.25, 0.3) is 0 Å². The van der Waals surface area contributed by atoms with Crippen molar-refractivity contribution in [1.29, 1.82) is 0 Å². The summed E-state index contributed by atoms with van der Waals surface area (Å²) >= 11 is 3.38. The van der Waals surface area contributed by atoms with Gasteiger partial charge in [-0.05, 0) is 36.8 Å². The smallest absolute Gasteiger partial charge is 0.335 e. The maximum Gasteiger partial charge on any atom is 0.335 e. The number of anilines is 1. The Kier molecular flexibility index (Phi) is 4.96. The zero-order chi connectivity index (χ0) is 15.4. The highest BCUT2D eigenvalue weighted by Gasteiger charge is 2.13. The SMILES string of the molecule is CCN(Cc1ccc(C(=O)O)cc1Br)c1ccccc1F. The van der Waals surface area contributed by atoms with E-state index in [4.69, 9.17) is 5.11 Å². The number of halogens is 2. The molecular weight excluding hydrogens is 337 g/mol. The number of hydrogen-bond acceptors (Lipinski definition) is 2. The minimum Gasteiger partial charge on any atom is -0.478 e. The fraction of sp³-hybridized carbons (Fsp3) is 0.188. The zero-order valence-electron chi connectivity index (χ0n) is 11.5. The maximum atomic E-state index is 13.9. The van der Waals surface area contributed by atoms with Gasteiger partial charge in [-0.2, -0.15) is 0 Å². The van der Waals surface area contributed by atoms with Crippen molar-refractivity contribution in [1.82, 2.24) is 0 Å². The largest absolute Gasteiger partial charge is 0.478 e. The van der Waals surface area contributed by atoms with Gasteiger partial charge in [0.15, 0.2) is 0 Å². The third-order valence-corrected chi connectivity index (χ3v) is 3.97. The highest BCUT2D eigenvalue weighted by atomic mass is 79.9. The number of carbonyl (C=O) groups is 1. The number of carboxylic acid groups (broad SMARTS) is 1. The van der Waals surface area contributed by atoms with E-state index in [-0.39, 0.29) is 11.4 Å². The maximum absolute atomic E-state index is 13.9. The first-order chi connectivity index (χ1) is 10.0. The average molecular weight is 352 g/mol. The van der Waals surface area contributed by atoms with E-state index in [0.717, 1.165) is 5.56 Å². The molecule has 2 aromatic rings. The normalized spacial score (nSPS) is 10.4. The number of nitrogens with zero attached hydrogens (tertiary/aromatic N) is 1. The van der Waals surface area contributed by atoms with Gasteiger partial charge in [-0.3, -0.25) is 0 Å². The summed E-state index contributed by atoms with van der Waals surface area (Å²) < 4.78 is 14.6. The minimum atomic E-state index is -0.969. The molecule has 0 aliphatic rings. The van der Waals surface area contributed by atoms with E-state index < -0.39 is 5.97 Å². The van der Waals surface area contributed by atoms with Crippen molar-refractivity contribution >= 4 is 27.6 Å². The average Bonchev–Trinajstić information content (AvgIpc) is 2.47. The Labute approximate surface area is 131 Å².